The number of hydrogen-bond donors (Lipinski definition) is 1. The van der Waals surface area contributed by atoms with E-state index in [1.807, 2.05) is 38.1 Å². The molecule has 1 aliphatic heterocycles. The number of carbonyl (C=O) groups excluding carboxylic acids is 1. The molecule has 0 unspecified atom stereocenters. The normalized spacial score (nSPS) is 15.8. The maximum Gasteiger partial charge on any atom is 0.244 e. The minimum atomic E-state index is -0.290. The monoisotopic (exact) mass is 391 g/mol. The number of aromatic nitrogens is 2. The zero-order valence-electron chi connectivity index (χ0n) is 16.4. The van der Waals surface area contributed by atoms with Crippen molar-refractivity contribution >= 4 is 12.0 Å². The van der Waals surface area contributed by atoms with Crippen molar-refractivity contribution in [3.8, 4) is 11.4 Å². The van der Waals surface area contributed by atoms with Crippen molar-refractivity contribution < 1.29 is 13.9 Å². The summed E-state index contributed by atoms with van der Waals surface area (Å²) in [5, 5.41) is 7.58. The first-order valence-corrected chi connectivity index (χ1v) is 9.55. The number of rotatable bonds is 4. The van der Waals surface area contributed by atoms with Crippen molar-refractivity contribution in [1.29, 1.82) is 0 Å². The van der Waals surface area contributed by atoms with Crippen LogP contribution < -0.4 is 10.1 Å². The summed E-state index contributed by atoms with van der Waals surface area (Å²) in [6.07, 6.45) is 4.04. The summed E-state index contributed by atoms with van der Waals surface area (Å²) in [5.41, 5.74) is 4.32. The van der Waals surface area contributed by atoms with E-state index in [1.54, 1.807) is 22.9 Å². The fourth-order valence-electron chi connectivity index (χ4n) is 3.60. The number of benzene rings is 2. The third-order valence-electron chi connectivity index (χ3n) is 5.09. The van der Waals surface area contributed by atoms with E-state index in [0.29, 0.717) is 6.61 Å². The van der Waals surface area contributed by atoms with Crippen LogP contribution >= 0.6 is 0 Å². The molecule has 1 aromatic heterocycles. The Kier molecular flexibility index (Phi) is 5.16. The van der Waals surface area contributed by atoms with Crippen molar-refractivity contribution in [2.75, 3.05) is 6.61 Å². The Morgan fingerprint density at radius 3 is 2.76 bits per heavy atom. The molecule has 29 heavy (non-hydrogen) atoms. The fourth-order valence-corrected chi connectivity index (χ4v) is 3.60. The molecule has 1 aliphatic rings. The SMILES string of the molecule is Cc1nn(-c2ccc(F)cc2)c(C)c1/C=C/C(=O)N[C@@H]1CCOc2ccccc21. The van der Waals surface area contributed by atoms with E-state index in [-0.39, 0.29) is 17.8 Å². The topological polar surface area (TPSA) is 56.2 Å². The van der Waals surface area contributed by atoms with Crippen molar-refractivity contribution in [3.05, 3.63) is 82.9 Å². The molecule has 5 nitrogen and oxygen atoms in total. The first kappa shape index (κ1) is 18.9. The number of halogens is 1. The molecule has 1 atom stereocenters. The van der Waals surface area contributed by atoms with Crippen LogP contribution in [-0.2, 0) is 4.79 Å². The van der Waals surface area contributed by atoms with E-state index in [4.69, 9.17) is 4.74 Å². The number of nitrogens with one attached hydrogen (secondary N) is 1. The first-order chi connectivity index (χ1) is 14.0. The molecule has 0 saturated carbocycles. The second kappa shape index (κ2) is 7.91. The molecule has 148 valence electrons. The standard InChI is InChI=1S/C23H22FN3O2/c1-15-19(16(2)27(26-15)18-9-7-17(24)8-10-18)11-12-23(28)25-21-13-14-29-22-6-4-3-5-20(21)22/h3-12,21H,13-14H2,1-2H3,(H,25,28)/b12-11+/t21-/m1/s1. The van der Waals surface area contributed by atoms with Crippen LogP contribution in [0.15, 0.2) is 54.6 Å². The highest BCUT2D eigenvalue weighted by Crippen LogP contribution is 2.31. The Hall–Kier alpha value is -3.41. The van der Waals surface area contributed by atoms with Gasteiger partial charge < -0.3 is 10.1 Å². The lowest BCUT2D eigenvalue weighted by Gasteiger charge is -2.26. The molecular weight excluding hydrogens is 369 g/mol. The Morgan fingerprint density at radius 1 is 1.21 bits per heavy atom. The summed E-state index contributed by atoms with van der Waals surface area (Å²) in [6, 6.07) is 13.9. The Morgan fingerprint density at radius 2 is 1.97 bits per heavy atom. The van der Waals surface area contributed by atoms with Crippen molar-refractivity contribution in [3.63, 3.8) is 0 Å². The number of nitrogens with zero attached hydrogens (tertiary/aromatic N) is 2. The van der Waals surface area contributed by atoms with Gasteiger partial charge in [0.25, 0.3) is 0 Å². The van der Waals surface area contributed by atoms with Gasteiger partial charge in [0.1, 0.15) is 11.6 Å². The first-order valence-electron chi connectivity index (χ1n) is 9.55. The lowest BCUT2D eigenvalue weighted by Crippen LogP contribution is -2.30. The van der Waals surface area contributed by atoms with Crippen LogP contribution in [0.3, 0.4) is 0 Å². The van der Waals surface area contributed by atoms with Gasteiger partial charge in [-0.1, -0.05) is 18.2 Å². The van der Waals surface area contributed by atoms with Gasteiger partial charge >= 0.3 is 0 Å². The largest absolute Gasteiger partial charge is 0.493 e. The van der Waals surface area contributed by atoms with E-state index in [0.717, 1.165) is 40.4 Å². The van der Waals surface area contributed by atoms with Crippen LogP contribution in [0, 0.1) is 19.7 Å². The number of amides is 1. The molecule has 6 heteroatoms. The minimum Gasteiger partial charge on any atom is -0.493 e. The number of aryl methyl sites for hydroxylation is 1. The molecule has 1 amide bonds. The maximum atomic E-state index is 13.2. The highest BCUT2D eigenvalue weighted by molar-refractivity contribution is 5.92. The molecule has 0 fully saturated rings. The predicted molar refractivity (Wildman–Crippen MR) is 109 cm³/mol. The number of carbonyl (C=O) groups is 1. The third-order valence-corrected chi connectivity index (χ3v) is 5.09. The second-order valence-corrected chi connectivity index (χ2v) is 7.04. The van der Waals surface area contributed by atoms with E-state index >= 15 is 0 Å². The summed E-state index contributed by atoms with van der Waals surface area (Å²) in [6.45, 7) is 4.39. The molecule has 3 aromatic rings. The molecule has 0 spiro atoms. The zero-order valence-corrected chi connectivity index (χ0v) is 16.4. The van der Waals surface area contributed by atoms with Crippen LogP contribution in [0.2, 0.25) is 0 Å². The van der Waals surface area contributed by atoms with Gasteiger partial charge in [0.2, 0.25) is 5.91 Å². The maximum absolute atomic E-state index is 13.2. The minimum absolute atomic E-state index is 0.0683. The number of fused-ring (bicyclic) bond motifs is 1. The predicted octanol–water partition coefficient (Wildman–Crippen LogP) is 4.28. The lowest BCUT2D eigenvalue weighted by atomic mass is 10.0. The molecule has 0 aliphatic carbocycles. The summed E-state index contributed by atoms with van der Waals surface area (Å²) in [4.78, 5) is 12.5. The van der Waals surface area contributed by atoms with Crippen LogP contribution in [0.1, 0.15) is 35.0 Å². The molecule has 1 N–H and O–H groups in total. The smallest absolute Gasteiger partial charge is 0.244 e. The van der Waals surface area contributed by atoms with Crippen molar-refractivity contribution in [1.82, 2.24) is 15.1 Å². The Bertz CT molecular complexity index is 1070. The van der Waals surface area contributed by atoms with Gasteiger partial charge in [-0.15, -0.1) is 0 Å². The van der Waals surface area contributed by atoms with Crippen LogP contribution in [-0.4, -0.2) is 22.3 Å². The Labute approximate surface area is 168 Å². The average molecular weight is 391 g/mol. The molecule has 0 bridgehead atoms. The fraction of sp³-hybridized carbons (Fsp3) is 0.217. The van der Waals surface area contributed by atoms with Gasteiger partial charge in [-0.3, -0.25) is 4.79 Å². The van der Waals surface area contributed by atoms with E-state index < -0.39 is 0 Å². The highest BCUT2D eigenvalue weighted by Gasteiger charge is 2.22. The van der Waals surface area contributed by atoms with Gasteiger partial charge in [-0.05, 0) is 50.3 Å². The van der Waals surface area contributed by atoms with Gasteiger partial charge in [0.15, 0.2) is 0 Å². The van der Waals surface area contributed by atoms with Crippen molar-refractivity contribution in [2.24, 2.45) is 0 Å². The van der Waals surface area contributed by atoms with Crippen LogP contribution in [0.25, 0.3) is 11.8 Å². The average Bonchev–Trinajstić information content (AvgIpc) is 3.01. The van der Waals surface area contributed by atoms with Crippen LogP contribution in [0.4, 0.5) is 4.39 Å². The van der Waals surface area contributed by atoms with Gasteiger partial charge in [-0.25, -0.2) is 9.07 Å². The van der Waals surface area contributed by atoms with Crippen molar-refractivity contribution in [2.45, 2.75) is 26.3 Å². The summed E-state index contributed by atoms with van der Waals surface area (Å²) >= 11 is 0. The lowest BCUT2D eigenvalue weighted by molar-refractivity contribution is -0.117. The summed E-state index contributed by atoms with van der Waals surface area (Å²) in [7, 11) is 0. The zero-order chi connectivity index (χ0) is 20.4. The third kappa shape index (κ3) is 3.92. The molecule has 2 heterocycles. The van der Waals surface area contributed by atoms with Gasteiger partial charge in [0, 0.05) is 29.3 Å². The van der Waals surface area contributed by atoms with Gasteiger partial charge in [0.05, 0.1) is 24.0 Å². The summed E-state index contributed by atoms with van der Waals surface area (Å²) < 4.78 is 20.6. The molecular formula is C23H22FN3O2. The molecule has 4 rings (SSSR count). The molecule has 2 aromatic carbocycles. The quantitative estimate of drug-likeness (QED) is 0.676. The number of para-hydroxylation sites is 1. The molecule has 0 radical (unpaired) electrons. The van der Waals surface area contributed by atoms with Crippen LogP contribution in [0.5, 0.6) is 5.75 Å². The second-order valence-electron chi connectivity index (χ2n) is 7.04. The van der Waals surface area contributed by atoms with E-state index in [9.17, 15) is 9.18 Å². The Balaban J connectivity index is 1.51. The molecule has 0 saturated heterocycles. The summed E-state index contributed by atoms with van der Waals surface area (Å²) in [5.74, 6) is 0.363. The highest BCUT2D eigenvalue weighted by atomic mass is 19.1. The number of hydrogen-bond acceptors (Lipinski definition) is 3. The van der Waals surface area contributed by atoms with Gasteiger partial charge in [-0.2, -0.15) is 5.10 Å². The van der Waals surface area contributed by atoms with E-state index in [2.05, 4.69) is 10.4 Å². The number of ether oxygens (including phenoxy) is 1. The van der Waals surface area contributed by atoms with E-state index in [1.165, 1.54) is 18.2 Å².